The van der Waals surface area contributed by atoms with Gasteiger partial charge in [-0.3, -0.25) is 4.68 Å². The molecule has 3 heterocycles. The molecular formula is C17H14N4O3. The van der Waals surface area contributed by atoms with Crippen LogP contribution in [0.15, 0.2) is 40.9 Å². The molecule has 0 fully saturated rings. The summed E-state index contributed by atoms with van der Waals surface area (Å²) in [6.45, 7) is 1.84. The molecule has 0 bridgehead atoms. The van der Waals surface area contributed by atoms with E-state index in [0.29, 0.717) is 17.0 Å². The summed E-state index contributed by atoms with van der Waals surface area (Å²) >= 11 is 0. The number of carbonyl (C=O) groups excluding carboxylic acids is 1. The van der Waals surface area contributed by atoms with Crippen molar-refractivity contribution in [2.45, 2.75) is 13.5 Å². The molecule has 4 aromatic rings. The van der Waals surface area contributed by atoms with Gasteiger partial charge >= 0.3 is 5.97 Å². The van der Waals surface area contributed by atoms with Crippen LogP contribution in [0.1, 0.15) is 21.9 Å². The lowest BCUT2D eigenvalue weighted by molar-refractivity contribution is 0.0440. The van der Waals surface area contributed by atoms with Crippen LogP contribution in [0, 0.1) is 6.92 Å². The molecule has 7 heteroatoms. The molecule has 4 rings (SSSR count). The molecule has 7 nitrogen and oxygen atoms in total. The molecule has 0 N–H and O–H groups in total. The van der Waals surface area contributed by atoms with Gasteiger partial charge in [-0.1, -0.05) is 12.1 Å². The second-order valence-electron chi connectivity index (χ2n) is 5.46. The van der Waals surface area contributed by atoms with Gasteiger partial charge in [-0.15, -0.1) is 0 Å². The summed E-state index contributed by atoms with van der Waals surface area (Å²) in [5.41, 5.74) is 3.31. The highest BCUT2D eigenvalue weighted by atomic mass is 16.5. The first-order chi connectivity index (χ1) is 11.6. The zero-order chi connectivity index (χ0) is 16.7. The number of para-hydroxylation sites is 2. The molecule has 0 radical (unpaired) electrons. The van der Waals surface area contributed by atoms with Gasteiger partial charge in [0, 0.05) is 18.6 Å². The van der Waals surface area contributed by atoms with Crippen LogP contribution in [0.4, 0.5) is 0 Å². The molecule has 0 spiro atoms. The lowest BCUT2D eigenvalue weighted by atomic mass is 10.2. The summed E-state index contributed by atoms with van der Waals surface area (Å²) < 4.78 is 12.5. The van der Waals surface area contributed by atoms with Crippen molar-refractivity contribution in [2.75, 3.05) is 0 Å². The van der Waals surface area contributed by atoms with E-state index < -0.39 is 5.97 Å². The average molecular weight is 322 g/mol. The van der Waals surface area contributed by atoms with Crippen LogP contribution >= 0.6 is 0 Å². The predicted octanol–water partition coefficient (Wildman–Crippen LogP) is 2.77. The molecule has 24 heavy (non-hydrogen) atoms. The van der Waals surface area contributed by atoms with E-state index in [2.05, 4.69) is 15.1 Å². The molecule has 0 aliphatic heterocycles. The molecule has 0 amide bonds. The largest absolute Gasteiger partial charge is 0.452 e. The fraction of sp³-hybridized carbons (Fsp3) is 0.176. The van der Waals surface area contributed by atoms with E-state index in [4.69, 9.17) is 9.15 Å². The molecule has 0 aliphatic rings. The summed E-state index contributed by atoms with van der Waals surface area (Å²) in [4.78, 5) is 20.8. The van der Waals surface area contributed by atoms with Gasteiger partial charge in [-0.05, 0) is 25.1 Å². The van der Waals surface area contributed by atoms with Crippen LogP contribution in [0.3, 0.4) is 0 Å². The first-order valence-corrected chi connectivity index (χ1v) is 7.43. The topological polar surface area (TPSA) is 83.0 Å². The monoisotopic (exact) mass is 322 g/mol. The van der Waals surface area contributed by atoms with Crippen molar-refractivity contribution in [3.63, 3.8) is 0 Å². The van der Waals surface area contributed by atoms with Gasteiger partial charge in [0.1, 0.15) is 5.52 Å². The minimum absolute atomic E-state index is 0.0302. The molecule has 0 atom stereocenters. The number of rotatable bonds is 3. The Bertz CT molecular complexity index is 1030. The minimum atomic E-state index is -0.477. The fourth-order valence-electron chi connectivity index (χ4n) is 2.61. The van der Waals surface area contributed by atoms with Crippen molar-refractivity contribution in [3.8, 4) is 0 Å². The third-order valence-corrected chi connectivity index (χ3v) is 3.76. The first kappa shape index (κ1) is 14.4. The van der Waals surface area contributed by atoms with E-state index in [0.717, 1.165) is 22.2 Å². The van der Waals surface area contributed by atoms with Gasteiger partial charge in [-0.2, -0.15) is 5.10 Å². The molecule has 120 valence electrons. The van der Waals surface area contributed by atoms with E-state index >= 15 is 0 Å². The van der Waals surface area contributed by atoms with Gasteiger partial charge < -0.3 is 9.15 Å². The van der Waals surface area contributed by atoms with Crippen LogP contribution in [-0.2, 0) is 18.4 Å². The van der Waals surface area contributed by atoms with Gasteiger partial charge in [0.15, 0.2) is 17.8 Å². The Morgan fingerprint density at radius 3 is 3.00 bits per heavy atom. The van der Waals surface area contributed by atoms with Gasteiger partial charge in [0.2, 0.25) is 5.89 Å². The molecule has 0 saturated heterocycles. The van der Waals surface area contributed by atoms with Gasteiger partial charge in [0.05, 0.1) is 11.3 Å². The maximum atomic E-state index is 12.2. The number of fused-ring (bicyclic) bond motifs is 2. The van der Waals surface area contributed by atoms with Crippen LogP contribution in [-0.4, -0.2) is 25.7 Å². The number of benzene rings is 1. The Morgan fingerprint density at radius 2 is 2.17 bits per heavy atom. The zero-order valence-corrected chi connectivity index (χ0v) is 13.2. The van der Waals surface area contributed by atoms with Crippen molar-refractivity contribution in [1.29, 1.82) is 0 Å². The highest BCUT2D eigenvalue weighted by Crippen LogP contribution is 2.18. The van der Waals surface area contributed by atoms with Crippen LogP contribution in [0.25, 0.3) is 22.1 Å². The smallest absolute Gasteiger partial charge is 0.340 e. The van der Waals surface area contributed by atoms with Crippen LogP contribution in [0.5, 0.6) is 0 Å². The predicted molar refractivity (Wildman–Crippen MR) is 86.4 cm³/mol. The Kier molecular flexibility index (Phi) is 3.26. The summed E-state index contributed by atoms with van der Waals surface area (Å²) in [6, 6.07) is 9.13. The summed E-state index contributed by atoms with van der Waals surface area (Å²) in [6.07, 6.45) is 1.48. The number of oxazole rings is 1. The van der Waals surface area contributed by atoms with E-state index in [1.54, 1.807) is 10.7 Å². The van der Waals surface area contributed by atoms with Crippen molar-refractivity contribution < 1.29 is 13.9 Å². The summed E-state index contributed by atoms with van der Waals surface area (Å²) in [7, 11) is 1.81. The molecule has 3 aromatic heterocycles. The summed E-state index contributed by atoms with van der Waals surface area (Å²) in [5, 5.41) is 5.11. The number of hydrogen-bond acceptors (Lipinski definition) is 6. The highest BCUT2D eigenvalue weighted by molar-refractivity contribution is 5.93. The van der Waals surface area contributed by atoms with Crippen molar-refractivity contribution >= 4 is 28.1 Å². The number of pyridine rings is 1. The molecule has 0 saturated carbocycles. The van der Waals surface area contributed by atoms with Crippen molar-refractivity contribution in [1.82, 2.24) is 19.7 Å². The second-order valence-corrected chi connectivity index (χ2v) is 5.46. The lowest BCUT2D eigenvalue weighted by Gasteiger charge is -2.02. The minimum Gasteiger partial charge on any atom is -0.452 e. The Hall–Kier alpha value is -3.22. The van der Waals surface area contributed by atoms with Crippen molar-refractivity contribution in [2.24, 2.45) is 7.05 Å². The quantitative estimate of drug-likeness (QED) is 0.539. The van der Waals surface area contributed by atoms with E-state index in [-0.39, 0.29) is 6.61 Å². The first-order valence-electron chi connectivity index (χ1n) is 7.43. The number of aryl methyl sites for hydroxylation is 2. The summed E-state index contributed by atoms with van der Waals surface area (Å²) in [5.74, 6) is -0.119. The third-order valence-electron chi connectivity index (χ3n) is 3.76. The number of carbonyl (C=O) groups is 1. The van der Waals surface area contributed by atoms with Crippen LogP contribution in [0.2, 0.25) is 0 Å². The number of nitrogens with zero attached hydrogens (tertiary/aromatic N) is 4. The van der Waals surface area contributed by atoms with Crippen molar-refractivity contribution in [3.05, 3.63) is 53.7 Å². The number of ether oxygens (including phenoxy) is 1. The number of esters is 1. The SMILES string of the molecule is Cc1nn(C)c2ncc(C(=O)OCc3nc4ccccc4o3)cc12. The van der Waals surface area contributed by atoms with E-state index in [1.165, 1.54) is 6.20 Å². The second kappa shape index (κ2) is 5.45. The van der Waals surface area contributed by atoms with E-state index in [1.807, 2.05) is 38.2 Å². The molecule has 0 unspecified atom stereocenters. The maximum Gasteiger partial charge on any atom is 0.340 e. The number of aromatic nitrogens is 4. The van der Waals surface area contributed by atoms with Crippen LogP contribution < -0.4 is 0 Å². The Labute approximate surface area is 136 Å². The highest BCUT2D eigenvalue weighted by Gasteiger charge is 2.14. The number of hydrogen-bond donors (Lipinski definition) is 0. The Morgan fingerprint density at radius 1 is 1.33 bits per heavy atom. The van der Waals surface area contributed by atoms with Gasteiger partial charge in [-0.25, -0.2) is 14.8 Å². The normalized spacial score (nSPS) is 11.2. The average Bonchev–Trinajstić information content (AvgIpc) is 3.13. The Balaban J connectivity index is 1.54. The molecular weight excluding hydrogens is 308 g/mol. The van der Waals surface area contributed by atoms with E-state index in [9.17, 15) is 4.79 Å². The lowest BCUT2D eigenvalue weighted by Crippen LogP contribution is -2.06. The third kappa shape index (κ3) is 2.40. The maximum absolute atomic E-state index is 12.2. The molecule has 1 aromatic carbocycles. The molecule has 0 aliphatic carbocycles. The standard InChI is InChI=1S/C17H14N4O3/c1-10-12-7-11(8-18-16(12)21(2)20-10)17(22)23-9-15-19-13-5-3-4-6-14(13)24-15/h3-8H,9H2,1-2H3. The van der Waals surface area contributed by atoms with Gasteiger partial charge in [0.25, 0.3) is 0 Å². The fourth-order valence-corrected chi connectivity index (χ4v) is 2.61. The zero-order valence-electron chi connectivity index (χ0n) is 13.2.